The van der Waals surface area contributed by atoms with Crippen molar-refractivity contribution in [2.24, 2.45) is 10.9 Å². The molecule has 1 aromatic rings. The molecule has 14 heavy (non-hydrogen) atoms. The van der Waals surface area contributed by atoms with E-state index in [-0.39, 0.29) is 17.8 Å². The van der Waals surface area contributed by atoms with Gasteiger partial charge in [0.15, 0.2) is 6.10 Å². The second-order valence-electron chi connectivity index (χ2n) is 3.02. The summed E-state index contributed by atoms with van der Waals surface area (Å²) in [6.07, 6.45) is -0.520. The third kappa shape index (κ3) is 1.41. The summed E-state index contributed by atoms with van der Waals surface area (Å²) in [5.74, 6) is -1.03. The van der Waals surface area contributed by atoms with Gasteiger partial charge in [0.05, 0.1) is 12.0 Å². The number of halogens is 2. The highest BCUT2D eigenvalue weighted by molar-refractivity contribution is 5.81. The molecule has 1 heterocycles. The molecule has 0 saturated heterocycles. The minimum Gasteiger partial charge on any atom is -0.385 e. The number of amidine groups is 1. The van der Waals surface area contributed by atoms with E-state index in [1.54, 1.807) is 0 Å². The van der Waals surface area contributed by atoms with Gasteiger partial charge >= 0.3 is 0 Å². The molecule has 2 rings (SSSR count). The Morgan fingerprint density at radius 3 is 2.50 bits per heavy atom. The van der Waals surface area contributed by atoms with Crippen LogP contribution in [-0.4, -0.2) is 5.84 Å². The average Bonchev–Trinajstić information content (AvgIpc) is 2.51. The summed E-state index contributed by atoms with van der Waals surface area (Å²) in [5, 5.41) is 3.44. The van der Waals surface area contributed by atoms with E-state index in [4.69, 9.17) is 10.6 Å². The average molecular weight is 198 g/mol. The van der Waals surface area contributed by atoms with E-state index in [1.807, 2.05) is 0 Å². The van der Waals surface area contributed by atoms with Gasteiger partial charge in [-0.15, -0.1) is 0 Å². The van der Waals surface area contributed by atoms with Gasteiger partial charge in [-0.25, -0.2) is 8.78 Å². The zero-order chi connectivity index (χ0) is 10.1. The van der Waals surface area contributed by atoms with Crippen molar-refractivity contribution in [3.8, 4) is 0 Å². The van der Waals surface area contributed by atoms with Crippen LogP contribution in [0.4, 0.5) is 8.78 Å². The maximum Gasteiger partial charge on any atom is 0.165 e. The van der Waals surface area contributed by atoms with Gasteiger partial charge in [0.2, 0.25) is 0 Å². The third-order valence-corrected chi connectivity index (χ3v) is 2.01. The zero-order valence-electron chi connectivity index (χ0n) is 7.21. The first-order chi connectivity index (χ1) is 6.68. The van der Waals surface area contributed by atoms with Gasteiger partial charge in [-0.2, -0.15) is 0 Å². The Balaban J connectivity index is 2.33. The van der Waals surface area contributed by atoms with Gasteiger partial charge in [0, 0.05) is 0 Å². The van der Waals surface area contributed by atoms with Crippen molar-refractivity contribution >= 4 is 5.84 Å². The number of hydrogen-bond donors (Lipinski definition) is 1. The monoisotopic (exact) mass is 198 g/mol. The number of nitrogens with two attached hydrogens (primary N) is 1. The molecule has 2 N–H and O–H groups in total. The molecule has 5 heteroatoms. The molecule has 0 spiro atoms. The Kier molecular flexibility index (Phi) is 2.07. The Labute approximate surface area is 79.2 Å². The summed E-state index contributed by atoms with van der Waals surface area (Å²) in [7, 11) is 0. The van der Waals surface area contributed by atoms with E-state index in [0.717, 1.165) is 0 Å². The fourth-order valence-electron chi connectivity index (χ4n) is 1.37. The van der Waals surface area contributed by atoms with Crippen LogP contribution in [0.2, 0.25) is 0 Å². The molecule has 0 aromatic heterocycles. The molecule has 0 bridgehead atoms. The van der Waals surface area contributed by atoms with Crippen LogP contribution < -0.4 is 5.73 Å². The molecule has 1 aliphatic heterocycles. The van der Waals surface area contributed by atoms with Crippen molar-refractivity contribution < 1.29 is 13.6 Å². The normalized spacial score (nSPS) is 20.4. The topological polar surface area (TPSA) is 47.6 Å². The largest absolute Gasteiger partial charge is 0.385 e. The quantitative estimate of drug-likeness (QED) is 0.746. The van der Waals surface area contributed by atoms with Crippen LogP contribution in [0.5, 0.6) is 0 Å². The summed E-state index contributed by atoms with van der Waals surface area (Å²) in [4.78, 5) is 4.80. The third-order valence-electron chi connectivity index (χ3n) is 2.01. The molecule has 0 amide bonds. The lowest BCUT2D eigenvalue weighted by Crippen LogP contribution is -2.10. The van der Waals surface area contributed by atoms with Gasteiger partial charge in [-0.05, 0) is 12.1 Å². The van der Waals surface area contributed by atoms with E-state index in [9.17, 15) is 8.78 Å². The molecule has 1 aromatic carbocycles. The van der Waals surface area contributed by atoms with Crippen molar-refractivity contribution in [1.82, 2.24) is 0 Å². The summed E-state index contributed by atoms with van der Waals surface area (Å²) >= 11 is 0. The summed E-state index contributed by atoms with van der Waals surface area (Å²) in [6, 6.07) is 3.65. The predicted molar refractivity (Wildman–Crippen MR) is 46.4 cm³/mol. The van der Waals surface area contributed by atoms with Crippen molar-refractivity contribution in [3.63, 3.8) is 0 Å². The van der Waals surface area contributed by atoms with Gasteiger partial charge in [-0.1, -0.05) is 11.2 Å². The number of rotatable bonds is 1. The molecule has 0 saturated carbocycles. The Bertz CT molecular complexity index is 372. The highest BCUT2D eigenvalue weighted by Crippen LogP contribution is 2.29. The number of oxime groups is 1. The van der Waals surface area contributed by atoms with Crippen LogP contribution in [0.1, 0.15) is 18.1 Å². The molecule has 1 unspecified atom stereocenters. The smallest absolute Gasteiger partial charge is 0.165 e. The van der Waals surface area contributed by atoms with Crippen LogP contribution in [0.15, 0.2) is 23.4 Å². The molecule has 0 radical (unpaired) electrons. The van der Waals surface area contributed by atoms with E-state index >= 15 is 0 Å². The van der Waals surface area contributed by atoms with Crippen molar-refractivity contribution in [2.75, 3.05) is 0 Å². The SMILES string of the molecule is NC1=NOC(c2c(F)cccc2F)C1. The minimum absolute atomic E-state index is 0.114. The zero-order valence-corrected chi connectivity index (χ0v) is 7.21. The standard InChI is InChI=1S/C9H8F2N2O/c10-5-2-1-3-6(11)9(5)7-4-8(12)13-14-7/h1-3,7H,4H2,(H2,12,13). The van der Waals surface area contributed by atoms with Crippen LogP contribution >= 0.6 is 0 Å². The molecule has 0 aliphatic carbocycles. The van der Waals surface area contributed by atoms with E-state index in [0.29, 0.717) is 0 Å². The second kappa shape index (κ2) is 3.25. The van der Waals surface area contributed by atoms with Crippen molar-refractivity contribution in [3.05, 3.63) is 35.4 Å². The van der Waals surface area contributed by atoms with Gasteiger partial charge in [-0.3, -0.25) is 0 Å². The highest BCUT2D eigenvalue weighted by Gasteiger charge is 2.26. The lowest BCUT2D eigenvalue weighted by atomic mass is 10.1. The van der Waals surface area contributed by atoms with Gasteiger partial charge in [0.1, 0.15) is 17.5 Å². The Morgan fingerprint density at radius 2 is 2.00 bits per heavy atom. The summed E-state index contributed by atoms with van der Waals surface area (Å²) in [5.41, 5.74) is 5.23. The van der Waals surface area contributed by atoms with Gasteiger partial charge < -0.3 is 10.6 Å². The van der Waals surface area contributed by atoms with Crippen molar-refractivity contribution in [2.45, 2.75) is 12.5 Å². The Morgan fingerprint density at radius 1 is 1.36 bits per heavy atom. The number of benzene rings is 1. The number of hydrogen-bond acceptors (Lipinski definition) is 3. The van der Waals surface area contributed by atoms with Crippen LogP contribution in [0.25, 0.3) is 0 Å². The molecule has 1 aliphatic rings. The molecular weight excluding hydrogens is 190 g/mol. The molecule has 3 nitrogen and oxygen atoms in total. The van der Waals surface area contributed by atoms with E-state index < -0.39 is 17.7 Å². The van der Waals surface area contributed by atoms with Gasteiger partial charge in [0.25, 0.3) is 0 Å². The predicted octanol–water partition coefficient (Wildman–Crippen LogP) is 1.70. The molecule has 0 fully saturated rings. The maximum absolute atomic E-state index is 13.2. The Hall–Kier alpha value is -1.65. The summed E-state index contributed by atoms with van der Waals surface area (Å²) in [6.45, 7) is 0. The van der Waals surface area contributed by atoms with Crippen molar-refractivity contribution in [1.29, 1.82) is 0 Å². The first-order valence-electron chi connectivity index (χ1n) is 4.10. The van der Waals surface area contributed by atoms with Crippen LogP contribution in [-0.2, 0) is 4.84 Å². The fourth-order valence-corrected chi connectivity index (χ4v) is 1.37. The first-order valence-corrected chi connectivity index (χ1v) is 4.10. The summed E-state index contributed by atoms with van der Waals surface area (Å²) < 4.78 is 26.4. The molecule has 1 atom stereocenters. The minimum atomic E-state index is -0.740. The number of nitrogens with zero attached hydrogens (tertiary/aromatic N) is 1. The van der Waals surface area contributed by atoms with E-state index in [2.05, 4.69) is 5.16 Å². The fraction of sp³-hybridized carbons (Fsp3) is 0.222. The van der Waals surface area contributed by atoms with Crippen LogP contribution in [0.3, 0.4) is 0 Å². The lowest BCUT2D eigenvalue weighted by molar-refractivity contribution is 0.0800. The lowest BCUT2D eigenvalue weighted by Gasteiger charge is -2.09. The highest BCUT2D eigenvalue weighted by atomic mass is 19.1. The van der Waals surface area contributed by atoms with E-state index in [1.165, 1.54) is 18.2 Å². The first kappa shape index (κ1) is 8.93. The molecule has 74 valence electrons. The maximum atomic E-state index is 13.2. The van der Waals surface area contributed by atoms with Crippen LogP contribution in [0, 0.1) is 11.6 Å². The second-order valence-corrected chi connectivity index (χ2v) is 3.02. The molecular formula is C9H8F2N2O.